The Morgan fingerprint density at radius 3 is 2.39 bits per heavy atom. The van der Waals surface area contributed by atoms with Gasteiger partial charge in [-0.05, 0) is 13.3 Å². The Morgan fingerprint density at radius 2 is 1.94 bits per heavy atom. The number of primary sulfonamides is 1. The first kappa shape index (κ1) is 15.1. The second kappa shape index (κ2) is 5.37. The molecular weight excluding hydrogens is 278 g/mol. The molecule has 0 atom stereocenters. The van der Waals surface area contributed by atoms with Crippen LogP contribution in [0.25, 0.3) is 0 Å². The second-order valence-electron chi connectivity index (χ2n) is 3.95. The first-order valence-corrected chi connectivity index (χ1v) is 8.79. The third kappa shape index (κ3) is 4.07. The van der Waals surface area contributed by atoms with Crippen LogP contribution in [0.4, 0.5) is 0 Å². The lowest BCUT2D eigenvalue weighted by atomic mass is 10.4. The summed E-state index contributed by atoms with van der Waals surface area (Å²) in [6.07, 6.45) is 1.74. The molecule has 0 saturated carbocycles. The van der Waals surface area contributed by atoms with E-state index < -0.39 is 19.9 Å². The van der Waals surface area contributed by atoms with Crippen LogP contribution < -0.4 is 5.14 Å². The molecule has 1 aromatic rings. The number of hydrogen-bond acceptors (Lipinski definition) is 5. The normalized spacial score (nSPS) is 12.8. The number of nitrogens with two attached hydrogens (primary N) is 1. The molecule has 0 unspecified atom stereocenters. The third-order valence-electron chi connectivity index (χ3n) is 2.54. The zero-order valence-corrected chi connectivity index (χ0v) is 12.0. The van der Waals surface area contributed by atoms with Crippen molar-refractivity contribution >= 4 is 19.9 Å². The Balaban J connectivity index is 2.73. The number of sulfonamides is 1. The minimum Gasteiger partial charge on any atom is -0.334 e. The van der Waals surface area contributed by atoms with Crippen molar-refractivity contribution < 1.29 is 16.8 Å². The number of imidazole rings is 1. The van der Waals surface area contributed by atoms with Crippen LogP contribution >= 0.6 is 0 Å². The van der Waals surface area contributed by atoms with Crippen molar-refractivity contribution in [1.29, 1.82) is 0 Å². The van der Waals surface area contributed by atoms with E-state index in [-0.39, 0.29) is 16.5 Å². The Bertz CT molecular complexity index is 616. The predicted molar refractivity (Wildman–Crippen MR) is 67.3 cm³/mol. The number of sulfone groups is 1. The summed E-state index contributed by atoms with van der Waals surface area (Å²) in [5.41, 5.74) is 0. The average Bonchev–Trinajstić information content (AvgIpc) is 2.60. The number of hydrogen-bond donors (Lipinski definition) is 1. The molecule has 0 fully saturated rings. The molecule has 1 rings (SSSR count). The summed E-state index contributed by atoms with van der Waals surface area (Å²) in [6.45, 7) is 3.63. The summed E-state index contributed by atoms with van der Waals surface area (Å²) < 4.78 is 46.4. The lowest BCUT2D eigenvalue weighted by Crippen LogP contribution is -2.13. The van der Waals surface area contributed by atoms with Crippen LogP contribution in [0.3, 0.4) is 0 Å². The summed E-state index contributed by atoms with van der Waals surface area (Å²) in [6, 6.07) is 0. The van der Waals surface area contributed by atoms with Crippen LogP contribution in [-0.4, -0.2) is 37.9 Å². The molecule has 1 heterocycles. The fraction of sp³-hybridized carbons (Fsp3) is 0.667. The molecule has 0 amide bonds. The van der Waals surface area contributed by atoms with Crippen LogP contribution in [0.15, 0.2) is 11.2 Å². The largest absolute Gasteiger partial charge is 0.334 e. The number of aromatic nitrogens is 2. The van der Waals surface area contributed by atoms with Gasteiger partial charge < -0.3 is 4.57 Å². The molecule has 2 N–H and O–H groups in total. The highest BCUT2D eigenvalue weighted by Crippen LogP contribution is 2.08. The van der Waals surface area contributed by atoms with Crippen LogP contribution in [-0.2, 0) is 26.4 Å². The van der Waals surface area contributed by atoms with E-state index >= 15 is 0 Å². The molecular formula is C9H17N3O4S2. The number of nitrogens with zero attached hydrogens (tertiary/aromatic N) is 2. The predicted octanol–water partition coefficient (Wildman–Crippen LogP) is -0.336. The molecule has 0 aliphatic carbocycles. The van der Waals surface area contributed by atoms with Crippen molar-refractivity contribution in [3.63, 3.8) is 0 Å². The summed E-state index contributed by atoms with van der Waals surface area (Å²) >= 11 is 0. The van der Waals surface area contributed by atoms with Crippen LogP contribution in [0.2, 0.25) is 0 Å². The van der Waals surface area contributed by atoms with Crippen molar-refractivity contribution in [3.05, 3.63) is 12.0 Å². The summed E-state index contributed by atoms with van der Waals surface area (Å²) in [4.78, 5) is 3.82. The maximum Gasteiger partial charge on any atom is 0.257 e. The van der Waals surface area contributed by atoms with Gasteiger partial charge in [0, 0.05) is 18.5 Å². The highest BCUT2D eigenvalue weighted by atomic mass is 32.2. The van der Waals surface area contributed by atoms with Gasteiger partial charge in [-0.2, -0.15) is 0 Å². The highest BCUT2D eigenvalue weighted by molar-refractivity contribution is 7.91. The van der Waals surface area contributed by atoms with Gasteiger partial charge >= 0.3 is 0 Å². The van der Waals surface area contributed by atoms with Crippen molar-refractivity contribution in [1.82, 2.24) is 9.55 Å². The van der Waals surface area contributed by atoms with Crippen molar-refractivity contribution in [2.75, 3.05) is 11.5 Å². The first-order chi connectivity index (χ1) is 8.15. The van der Waals surface area contributed by atoms with Crippen molar-refractivity contribution in [2.24, 2.45) is 5.14 Å². The molecule has 9 heteroatoms. The summed E-state index contributed by atoms with van der Waals surface area (Å²) in [5, 5.41) is 4.76. The Morgan fingerprint density at radius 1 is 1.33 bits per heavy atom. The van der Waals surface area contributed by atoms with E-state index in [1.54, 1.807) is 18.4 Å². The molecule has 0 aliphatic heterocycles. The maximum atomic E-state index is 11.3. The third-order valence-corrected chi connectivity index (χ3v) is 5.11. The molecule has 1 aromatic heterocycles. The van der Waals surface area contributed by atoms with Gasteiger partial charge in [0.15, 0.2) is 5.03 Å². The summed E-state index contributed by atoms with van der Waals surface area (Å²) in [5.74, 6) is 0.678. The number of rotatable bonds is 6. The SMILES string of the molecule is CCS(=O)(=O)CCCn1cc(S(N)(=O)=O)nc1C. The van der Waals surface area contributed by atoms with Crippen molar-refractivity contribution in [3.8, 4) is 0 Å². The van der Waals surface area contributed by atoms with E-state index in [9.17, 15) is 16.8 Å². The Hall–Kier alpha value is -0.930. The molecule has 104 valence electrons. The lowest BCUT2D eigenvalue weighted by Gasteiger charge is -2.04. The van der Waals surface area contributed by atoms with Crippen LogP contribution in [0, 0.1) is 6.92 Å². The van der Waals surface area contributed by atoms with E-state index in [4.69, 9.17) is 5.14 Å². The van der Waals surface area contributed by atoms with E-state index in [2.05, 4.69) is 4.98 Å². The monoisotopic (exact) mass is 295 g/mol. The molecule has 18 heavy (non-hydrogen) atoms. The van der Waals surface area contributed by atoms with Gasteiger partial charge in [0.25, 0.3) is 10.0 Å². The molecule has 0 aromatic carbocycles. The smallest absolute Gasteiger partial charge is 0.257 e. The quantitative estimate of drug-likeness (QED) is 0.771. The zero-order valence-electron chi connectivity index (χ0n) is 10.3. The zero-order chi connectivity index (χ0) is 14.0. The lowest BCUT2D eigenvalue weighted by molar-refractivity contribution is 0.584. The number of aryl methyl sites for hydroxylation is 2. The average molecular weight is 295 g/mol. The van der Waals surface area contributed by atoms with Gasteiger partial charge in [-0.15, -0.1) is 0 Å². The highest BCUT2D eigenvalue weighted by Gasteiger charge is 2.14. The van der Waals surface area contributed by atoms with E-state index in [0.717, 1.165) is 0 Å². The molecule has 7 nitrogen and oxygen atoms in total. The second-order valence-corrected chi connectivity index (χ2v) is 7.94. The van der Waals surface area contributed by atoms with Gasteiger partial charge in [0.2, 0.25) is 0 Å². The molecule has 0 bridgehead atoms. The van der Waals surface area contributed by atoms with Crippen molar-refractivity contribution in [2.45, 2.75) is 31.8 Å². The van der Waals surface area contributed by atoms with E-state index in [1.807, 2.05) is 0 Å². The molecule has 0 aliphatic rings. The van der Waals surface area contributed by atoms with Gasteiger partial charge in [-0.1, -0.05) is 6.92 Å². The molecule has 0 saturated heterocycles. The van der Waals surface area contributed by atoms with Crippen LogP contribution in [0.1, 0.15) is 19.2 Å². The molecule has 0 radical (unpaired) electrons. The maximum absolute atomic E-state index is 11.3. The van der Waals surface area contributed by atoms with Gasteiger partial charge in [-0.3, -0.25) is 0 Å². The van der Waals surface area contributed by atoms with Gasteiger partial charge in [0.1, 0.15) is 15.7 Å². The minimum absolute atomic E-state index is 0.0752. The Labute approximate surface area is 107 Å². The fourth-order valence-corrected chi connectivity index (χ4v) is 2.83. The standard InChI is InChI=1S/C9H17N3O4S2/c1-3-17(13,14)6-4-5-12-7-9(11-8(12)2)18(10,15)16/h7H,3-6H2,1-2H3,(H2,10,15,16). The molecule has 0 spiro atoms. The fourth-order valence-electron chi connectivity index (χ4n) is 1.44. The summed E-state index contributed by atoms with van der Waals surface area (Å²) in [7, 11) is -6.81. The first-order valence-electron chi connectivity index (χ1n) is 5.42. The van der Waals surface area contributed by atoms with Gasteiger partial charge in [0.05, 0.1) is 5.75 Å². The Kier molecular flexibility index (Phi) is 4.51. The van der Waals surface area contributed by atoms with E-state index in [0.29, 0.717) is 18.8 Å². The van der Waals surface area contributed by atoms with E-state index in [1.165, 1.54) is 6.20 Å². The van der Waals surface area contributed by atoms with Gasteiger partial charge in [-0.25, -0.2) is 27.0 Å². The topological polar surface area (TPSA) is 112 Å². The minimum atomic E-state index is -3.81. The van der Waals surface area contributed by atoms with Crippen LogP contribution in [0.5, 0.6) is 0 Å².